The van der Waals surface area contributed by atoms with E-state index in [0.717, 1.165) is 5.56 Å². The number of ether oxygens (including phenoxy) is 1. The first-order valence-electron chi connectivity index (χ1n) is 7.83. The molecule has 3 aromatic rings. The zero-order valence-electron chi connectivity index (χ0n) is 14.2. The van der Waals surface area contributed by atoms with Crippen LogP contribution in [-0.4, -0.2) is 46.9 Å². The third-order valence-electron chi connectivity index (χ3n) is 4.16. The van der Waals surface area contributed by atoms with Crippen LogP contribution in [0, 0.1) is 0 Å². The monoisotopic (exact) mass is 378 g/mol. The number of imidazole rings is 1. The second kappa shape index (κ2) is 6.86. The van der Waals surface area contributed by atoms with Crippen LogP contribution in [0.25, 0.3) is 22.4 Å². The van der Waals surface area contributed by atoms with Crippen LogP contribution in [-0.2, 0) is 15.0 Å². The summed E-state index contributed by atoms with van der Waals surface area (Å²) in [5.74, 6) is 0. The zero-order valence-corrected chi connectivity index (χ0v) is 15.1. The van der Waals surface area contributed by atoms with Gasteiger partial charge >= 0.3 is 7.60 Å². The maximum atomic E-state index is 11.2. The van der Waals surface area contributed by atoms with Crippen molar-refractivity contribution in [3.05, 3.63) is 43.0 Å². The van der Waals surface area contributed by atoms with Gasteiger partial charge in [-0.05, 0) is 13.8 Å². The predicted octanol–water partition coefficient (Wildman–Crippen LogP) is 1.70. The van der Waals surface area contributed by atoms with Crippen LogP contribution >= 0.6 is 7.60 Å². The van der Waals surface area contributed by atoms with Gasteiger partial charge in [-0.15, -0.1) is 0 Å². The van der Waals surface area contributed by atoms with E-state index >= 15 is 0 Å². The highest BCUT2D eigenvalue weighted by molar-refractivity contribution is 7.51. The molecule has 0 spiro atoms. The molecule has 0 radical (unpaired) electrons. The van der Waals surface area contributed by atoms with Crippen molar-refractivity contribution in [1.82, 2.24) is 19.5 Å². The van der Waals surface area contributed by atoms with Crippen LogP contribution in [0.15, 0.2) is 43.0 Å². The first-order chi connectivity index (χ1) is 12.2. The maximum Gasteiger partial charge on any atom is 0.351 e. The number of aromatic nitrogens is 4. The lowest BCUT2D eigenvalue weighted by atomic mass is 10.1. The molecule has 1 aromatic carbocycles. The average Bonchev–Trinajstić information content (AvgIpc) is 3.04. The van der Waals surface area contributed by atoms with Crippen LogP contribution in [0.3, 0.4) is 0 Å². The summed E-state index contributed by atoms with van der Waals surface area (Å²) >= 11 is 0. The van der Waals surface area contributed by atoms with Crippen molar-refractivity contribution < 1.29 is 24.2 Å². The molecule has 0 aliphatic heterocycles. The predicted molar refractivity (Wildman–Crippen MR) is 94.1 cm³/mol. The Bertz CT molecular complexity index is 956. The third-order valence-corrected chi connectivity index (χ3v) is 4.62. The number of aliphatic hydroxyl groups excluding tert-OH is 1. The molecule has 138 valence electrons. The van der Waals surface area contributed by atoms with Gasteiger partial charge in [0.25, 0.3) is 0 Å². The van der Waals surface area contributed by atoms with Crippen LogP contribution in [0.1, 0.15) is 13.8 Å². The van der Waals surface area contributed by atoms with Gasteiger partial charge in [0.2, 0.25) is 0 Å². The molecule has 10 heteroatoms. The molecule has 26 heavy (non-hydrogen) atoms. The number of hydrogen-bond donors (Lipinski definition) is 3. The van der Waals surface area contributed by atoms with Crippen molar-refractivity contribution >= 4 is 18.8 Å². The van der Waals surface area contributed by atoms with E-state index in [1.165, 1.54) is 31.1 Å². The topological polar surface area (TPSA) is 131 Å². The first-order valence-corrected chi connectivity index (χ1v) is 9.62. The van der Waals surface area contributed by atoms with Gasteiger partial charge in [-0.25, -0.2) is 15.0 Å². The van der Waals surface area contributed by atoms with Crippen molar-refractivity contribution in [2.24, 2.45) is 0 Å². The minimum absolute atomic E-state index is 0.382. The number of hydrogen-bond acceptors (Lipinski definition) is 6. The molecular formula is C16H19N4O5P. The quantitative estimate of drug-likeness (QED) is 0.553. The Kier molecular flexibility index (Phi) is 4.92. The molecular weight excluding hydrogens is 359 g/mol. The fraction of sp³-hybridized carbons (Fsp3) is 0.312. The lowest BCUT2D eigenvalue weighted by Gasteiger charge is -2.34. The Hall–Kier alpha value is -2.16. The minimum atomic E-state index is -4.42. The average molecular weight is 378 g/mol. The van der Waals surface area contributed by atoms with Crippen molar-refractivity contribution in [3.8, 4) is 11.3 Å². The van der Waals surface area contributed by atoms with Crippen LogP contribution in [0.4, 0.5) is 0 Å². The molecule has 2 aromatic heterocycles. The highest BCUT2D eigenvalue weighted by atomic mass is 31.2. The minimum Gasteiger partial charge on any atom is -0.388 e. The highest BCUT2D eigenvalue weighted by Crippen LogP contribution is 2.38. The maximum absolute atomic E-state index is 11.2. The van der Waals surface area contributed by atoms with E-state index in [9.17, 15) is 9.67 Å². The van der Waals surface area contributed by atoms with Crippen molar-refractivity contribution in [2.75, 3.05) is 6.35 Å². The van der Waals surface area contributed by atoms with Gasteiger partial charge in [0.15, 0.2) is 17.7 Å². The van der Waals surface area contributed by atoms with Crippen LogP contribution < -0.4 is 0 Å². The van der Waals surface area contributed by atoms with Crippen molar-refractivity contribution in [3.63, 3.8) is 0 Å². The number of fused-ring (bicyclic) bond motifs is 1. The van der Waals surface area contributed by atoms with E-state index in [4.69, 9.17) is 14.5 Å². The molecule has 9 nitrogen and oxygen atoms in total. The SMILES string of the molecule is CC(O)C(C)(OCP(=O)(O)O)n1cnc2c(-c3ccccc3)ncnc21. The Labute approximate surface area is 149 Å². The second-order valence-electron chi connectivity index (χ2n) is 6.04. The van der Waals surface area contributed by atoms with Gasteiger partial charge in [-0.3, -0.25) is 9.13 Å². The van der Waals surface area contributed by atoms with Gasteiger partial charge in [0, 0.05) is 5.56 Å². The molecule has 2 heterocycles. The van der Waals surface area contributed by atoms with E-state index in [-0.39, 0.29) is 0 Å². The normalized spacial score (nSPS) is 15.7. The van der Waals surface area contributed by atoms with E-state index in [0.29, 0.717) is 16.9 Å². The van der Waals surface area contributed by atoms with E-state index in [1.807, 2.05) is 30.3 Å². The Morgan fingerprint density at radius 2 is 1.92 bits per heavy atom. The summed E-state index contributed by atoms with van der Waals surface area (Å²) in [6.07, 6.45) is 0.846. The molecule has 0 saturated heterocycles. The number of aliphatic hydroxyl groups is 1. The summed E-state index contributed by atoms with van der Waals surface area (Å²) in [5.41, 5.74) is 0.855. The van der Waals surface area contributed by atoms with Gasteiger partial charge in [-0.1, -0.05) is 30.3 Å². The molecule has 3 rings (SSSR count). The molecule has 2 unspecified atom stereocenters. The summed E-state index contributed by atoms with van der Waals surface area (Å²) in [4.78, 5) is 31.1. The van der Waals surface area contributed by atoms with E-state index in [1.54, 1.807) is 0 Å². The van der Waals surface area contributed by atoms with Gasteiger partial charge in [-0.2, -0.15) is 0 Å². The standard InChI is InChI=1S/C16H19N4O5P/c1-11(21)16(2,25-10-26(22,23)24)20-9-19-14-13(17-8-18-15(14)20)12-6-4-3-5-7-12/h3-9,11,21H,10H2,1-2H3,(H2,22,23,24). The number of benzene rings is 1. The fourth-order valence-electron chi connectivity index (χ4n) is 2.57. The van der Waals surface area contributed by atoms with Gasteiger partial charge in [0.05, 0.1) is 12.4 Å². The van der Waals surface area contributed by atoms with Crippen LogP contribution in [0.2, 0.25) is 0 Å². The Morgan fingerprint density at radius 1 is 1.23 bits per heavy atom. The summed E-state index contributed by atoms with van der Waals surface area (Å²) in [7, 11) is -4.42. The van der Waals surface area contributed by atoms with E-state index < -0.39 is 25.8 Å². The number of rotatable bonds is 6. The smallest absolute Gasteiger partial charge is 0.351 e. The van der Waals surface area contributed by atoms with Crippen molar-refractivity contribution in [2.45, 2.75) is 25.7 Å². The molecule has 3 N–H and O–H groups in total. The molecule has 0 saturated carbocycles. The van der Waals surface area contributed by atoms with E-state index in [2.05, 4.69) is 15.0 Å². The van der Waals surface area contributed by atoms with Gasteiger partial charge in [0.1, 0.15) is 17.5 Å². The summed E-state index contributed by atoms with van der Waals surface area (Å²) in [6.45, 7) is 2.98. The molecule has 0 amide bonds. The Balaban J connectivity index is 2.11. The largest absolute Gasteiger partial charge is 0.388 e. The fourth-order valence-corrected chi connectivity index (χ4v) is 3.00. The first kappa shape index (κ1) is 18.6. The lowest BCUT2D eigenvalue weighted by Crippen LogP contribution is -2.43. The van der Waals surface area contributed by atoms with Crippen LogP contribution in [0.5, 0.6) is 0 Å². The molecule has 0 aliphatic rings. The summed E-state index contributed by atoms with van der Waals surface area (Å²) in [5, 5.41) is 10.2. The second-order valence-corrected chi connectivity index (χ2v) is 7.63. The number of nitrogens with zero attached hydrogens (tertiary/aromatic N) is 4. The summed E-state index contributed by atoms with van der Waals surface area (Å²) < 4.78 is 18.1. The van der Waals surface area contributed by atoms with Crippen molar-refractivity contribution in [1.29, 1.82) is 0 Å². The zero-order chi connectivity index (χ0) is 18.9. The lowest BCUT2D eigenvalue weighted by molar-refractivity contribution is -0.147. The third kappa shape index (κ3) is 3.53. The molecule has 0 fully saturated rings. The molecule has 0 aliphatic carbocycles. The Morgan fingerprint density at radius 3 is 2.54 bits per heavy atom. The molecule has 2 atom stereocenters. The molecule has 0 bridgehead atoms. The van der Waals surface area contributed by atoms with Gasteiger partial charge < -0.3 is 19.6 Å². The summed E-state index contributed by atoms with van der Waals surface area (Å²) in [6, 6.07) is 9.42. The highest BCUT2D eigenvalue weighted by Gasteiger charge is 2.37.